The Labute approximate surface area is 124 Å². The third-order valence-corrected chi connectivity index (χ3v) is 3.42. The molecular formula is C15H9FINO. The zero-order valence-electron chi connectivity index (χ0n) is 9.77. The molecule has 1 N–H and O–H groups in total. The van der Waals surface area contributed by atoms with E-state index in [-0.39, 0.29) is 11.6 Å². The van der Waals surface area contributed by atoms with E-state index < -0.39 is 0 Å². The molecule has 0 saturated carbocycles. The van der Waals surface area contributed by atoms with Crippen LogP contribution in [-0.2, 0) is 0 Å². The summed E-state index contributed by atoms with van der Waals surface area (Å²) in [4.78, 5) is 0. The summed E-state index contributed by atoms with van der Waals surface area (Å²) in [5, 5.41) is 18.6. The maximum Gasteiger partial charge on any atom is 0.128 e. The molecule has 2 rings (SSSR count). The smallest absolute Gasteiger partial charge is 0.128 e. The Kier molecular flexibility index (Phi) is 4.17. The quantitative estimate of drug-likeness (QED) is 0.493. The monoisotopic (exact) mass is 365 g/mol. The van der Waals surface area contributed by atoms with Crippen molar-refractivity contribution in [3.8, 4) is 11.8 Å². The van der Waals surface area contributed by atoms with Gasteiger partial charge in [0.05, 0.1) is 15.2 Å². The zero-order chi connectivity index (χ0) is 13.8. The van der Waals surface area contributed by atoms with Crippen molar-refractivity contribution in [2.45, 2.75) is 0 Å². The first kappa shape index (κ1) is 13.6. The Hall–Kier alpha value is -1.87. The third-order valence-electron chi connectivity index (χ3n) is 2.56. The molecule has 0 radical (unpaired) electrons. The second-order valence-electron chi connectivity index (χ2n) is 3.89. The van der Waals surface area contributed by atoms with Crippen LogP contribution >= 0.6 is 22.6 Å². The largest absolute Gasteiger partial charge is 0.507 e. The van der Waals surface area contributed by atoms with Crippen molar-refractivity contribution in [3.63, 3.8) is 0 Å². The van der Waals surface area contributed by atoms with Gasteiger partial charge in [-0.2, -0.15) is 5.26 Å². The third kappa shape index (κ3) is 3.32. The highest BCUT2D eigenvalue weighted by Crippen LogP contribution is 2.23. The van der Waals surface area contributed by atoms with Crippen LogP contribution < -0.4 is 0 Å². The SMILES string of the molecule is N#CC(=Cc1ccc(O)c(I)c1)c1ccc(F)cc1. The van der Waals surface area contributed by atoms with Gasteiger partial charge in [-0.25, -0.2) is 4.39 Å². The molecule has 0 aliphatic heterocycles. The summed E-state index contributed by atoms with van der Waals surface area (Å²) in [6.07, 6.45) is 1.70. The molecule has 0 atom stereocenters. The Morgan fingerprint density at radius 3 is 2.47 bits per heavy atom. The number of nitrogens with zero attached hydrogens (tertiary/aromatic N) is 1. The first-order chi connectivity index (χ1) is 9.10. The van der Waals surface area contributed by atoms with Gasteiger partial charge in [0.2, 0.25) is 0 Å². The summed E-state index contributed by atoms with van der Waals surface area (Å²) < 4.78 is 13.6. The molecule has 0 saturated heterocycles. The Morgan fingerprint density at radius 1 is 1.21 bits per heavy atom. The van der Waals surface area contributed by atoms with Crippen molar-refractivity contribution in [3.05, 3.63) is 63.0 Å². The minimum atomic E-state index is -0.333. The van der Waals surface area contributed by atoms with Crippen LogP contribution in [0.2, 0.25) is 0 Å². The molecule has 0 bridgehead atoms. The van der Waals surface area contributed by atoms with Crippen molar-refractivity contribution in [2.75, 3.05) is 0 Å². The van der Waals surface area contributed by atoms with Gasteiger partial charge < -0.3 is 5.11 Å². The molecule has 2 aromatic carbocycles. The van der Waals surface area contributed by atoms with Gasteiger partial charge in [0.1, 0.15) is 11.6 Å². The predicted octanol–water partition coefficient (Wildman–Crippen LogP) is 4.20. The van der Waals surface area contributed by atoms with Crippen LogP contribution in [0.4, 0.5) is 4.39 Å². The van der Waals surface area contributed by atoms with Gasteiger partial charge in [-0.05, 0) is 64.1 Å². The van der Waals surface area contributed by atoms with Crippen LogP contribution in [0.5, 0.6) is 5.75 Å². The molecule has 0 heterocycles. The Morgan fingerprint density at radius 2 is 1.89 bits per heavy atom. The standard InChI is InChI=1S/C15H9FINO/c16-13-4-2-11(3-5-13)12(9-18)7-10-1-6-15(19)14(17)8-10/h1-8,19H. The fourth-order valence-electron chi connectivity index (χ4n) is 1.59. The zero-order valence-corrected chi connectivity index (χ0v) is 11.9. The summed E-state index contributed by atoms with van der Waals surface area (Å²) in [5.41, 5.74) is 1.91. The van der Waals surface area contributed by atoms with Crippen LogP contribution in [0.25, 0.3) is 11.6 Å². The van der Waals surface area contributed by atoms with Crippen molar-refractivity contribution in [2.24, 2.45) is 0 Å². The number of benzene rings is 2. The second kappa shape index (κ2) is 5.85. The molecule has 0 unspecified atom stereocenters. The molecule has 0 fully saturated rings. The van der Waals surface area contributed by atoms with E-state index in [1.54, 1.807) is 36.4 Å². The summed E-state index contributed by atoms with van der Waals surface area (Å²) in [7, 11) is 0. The fraction of sp³-hybridized carbons (Fsp3) is 0. The molecule has 2 nitrogen and oxygen atoms in total. The molecule has 0 aliphatic rings. The van der Waals surface area contributed by atoms with E-state index in [4.69, 9.17) is 0 Å². The minimum Gasteiger partial charge on any atom is -0.507 e. The molecule has 0 amide bonds. The lowest BCUT2D eigenvalue weighted by atomic mass is 10.0. The average molecular weight is 365 g/mol. The van der Waals surface area contributed by atoms with Crippen LogP contribution in [-0.4, -0.2) is 5.11 Å². The highest BCUT2D eigenvalue weighted by Gasteiger charge is 2.03. The first-order valence-electron chi connectivity index (χ1n) is 5.46. The van der Waals surface area contributed by atoms with Crippen molar-refractivity contribution >= 4 is 34.2 Å². The van der Waals surface area contributed by atoms with E-state index in [0.717, 1.165) is 5.56 Å². The maximum atomic E-state index is 12.8. The topological polar surface area (TPSA) is 44.0 Å². The molecule has 4 heteroatoms. The molecule has 0 aliphatic carbocycles. The van der Waals surface area contributed by atoms with E-state index in [9.17, 15) is 14.8 Å². The second-order valence-corrected chi connectivity index (χ2v) is 5.05. The van der Waals surface area contributed by atoms with Gasteiger partial charge in [0, 0.05) is 0 Å². The van der Waals surface area contributed by atoms with E-state index in [1.165, 1.54) is 12.1 Å². The van der Waals surface area contributed by atoms with Crippen LogP contribution in [0, 0.1) is 20.7 Å². The number of aromatic hydroxyl groups is 1. The number of hydrogen-bond acceptors (Lipinski definition) is 2. The number of phenols is 1. The van der Waals surface area contributed by atoms with Crippen molar-refractivity contribution in [1.82, 2.24) is 0 Å². The number of phenolic OH excluding ortho intramolecular Hbond substituents is 1. The fourth-order valence-corrected chi connectivity index (χ4v) is 2.13. The number of halogens is 2. The number of hydrogen-bond donors (Lipinski definition) is 1. The van der Waals surface area contributed by atoms with Gasteiger partial charge in [-0.3, -0.25) is 0 Å². The lowest BCUT2D eigenvalue weighted by Crippen LogP contribution is -1.84. The Balaban J connectivity index is 2.41. The molecule has 94 valence electrons. The number of allylic oxidation sites excluding steroid dienone is 1. The summed E-state index contributed by atoms with van der Waals surface area (Å²) in [5.74, 6) is -0.127. The average Bonchev–Trinajstić information content (AvgIpc) is 2.41. The van der Waals surface area contributed by atoms with Crippen LogP contribution in [0.15, 0.2) is 42.5 Å². The van der Waals surface area contributed by atoms with E-state index in [2.05, 4.69) is 6.07 Å². The molecule has 0 aromatic heterocycles. The highest BCUT2D eigenvalue weighted by atomic mass is 127. The molecule has 2 aromatic rings. The minimum absolute atomic E-state index is 0.207. The van der Waals surface area contributed by atoms with E-state index >= 15 is 0 Å². The number of nitriles is 1. The van der Waals surface area contributed by atoms with E-state index in [0.29, 0.717) is 14.7 Å². The van der Waals surface area contributed by atoms with Crippen molar-refractivity contribution in [1.29, 1.82) is 5.26 Å². The summed E-state index contributed by atoms with van der Waals surface area (Å²) in [6.45, 7) is 0. The maximum absolute atomic E-state index is 12.8. The summed E-state index contributed by atoms with van der Waals surface area (Å²) >= 11 is 2.02. The molecular weight excluding hydrogens is 356 g/mol. The van der Waals surface area contributed by atoms with E-state index in [1.807, 2.05) is 22.6 Å². The van der Waals surface area contributed by atoms with Gasteiger partial charge in [-0.1, -0.05) is 18.2 Å². The van der Waals surface area contributed by atoms with Crippen LogP contribution in [0.1, 0.15) is 11.1 Å². The van der Waals surface area contributed by atoms with Gasteiger partial charge in [0.15, 0.2) is 0 Å². The van der Waals surface area contributed by atoms with Crippen LogP contribution in [0.3, 0.4) is 0 Å². The molecule has 19 heavy (non-hydrogen) atoms. The lowest BCUT2D eigenvalue weighted by Gasteiger charge is -2.01. The number of rotatable bonds is 2. The van der Waals surface area contributed by atoms with Gasteiger partial charge in [-0.15, -0.1) is 0 Å². The van der Waals surface area contributed by atoms with Gasteiger partial charge in [0.25, 0.3) is 0 Å². The Bertz CT molecular complexity index is 672. The highest BCUT2D eigenvalue weighted by molar-refractivity contribution is 14.1. The van der Waals surface area contributed by atoms with Gasteiger partial charge >= 0.3 is 0 Å². The predicted molar refractivity (Wildman–Crippen MR) is 80.7 cm³/mol. The van der Waals surface area contributed by atoms with Crippen molar-refractivity contribution < 1.29 is 9.50 Å². The molecule has 0 spiro atoms. The normalized spacial score (nSPS) is 11.1. The lowest BCUT2D eigenvalue weighted by molar-refractivity contribution is 0.471. The first-order valence-corrected chi connectivity index (χ1v) is 6.54. The summed E-state index contributed by atoms with van der Waals surface area (Å²) in [6, 6.07) is 12.9.